The summed E-state index contributed by atoms with van der Waals surface area (Å²) in [5.41, 5.74) is 0.931. The fraction of sp³-hybridized carbons (Fsp3) is 0.176. The summed E-state index contributed by atoms with van der Waals surface area (Å²) in [5, 5.41) is 7.99. The van der Waals surface area contributed by atoms with E-state index in [1.54, 1.807) is 24.3 Å². The predicted octanol–water partition coefficient (Wildman–Crippen LogP) is 2.23. The van der Waals surface area contributed by atoms with Crippen molar-refractivity contribution < 1.29 is 18.4 Å². The Morgan fingerprint density at radius 1 is 1.23 bits per heavy atom. The highest BCUT2D eigenvalue weighted by Gasteiger charge is 2.22. The zero-order chi connectivity index (χ0) is 18.4. The first kappa shape index (κ1) is 17.7. The first-order chi connectivity index (χ1) is 12.6. The van der Waals surface area contributed by atoms with Crippen LogP contribution in [0.15, 0.2) is 52.5 Å². The van der Waals surface area contributed by atoms with Crippen molar-refractivity contribution in [3.05, 3.63) is 70.9 Å². The number of hydrogen-bond donors (Lipinski definition) is 1. The molecule has 0 radical (unpaired) electrons. The van der Waals surface area contributed by atoms with Crippen LogP contribution in [0.1, 0.15) is 21.8 Å². The van der Waals surface area contributed by atoms with Crippen LogP contribution in [0.2, 0.25) is 0 Å². The first-order valence-electron chi connectivity index (χ1n) is 7.71. The van der Waals surface area contributed by atoms with Gasteiger partial charge < -0.3 is 14.6 Å². The summed E-state index contributed by atoms with van der Waals surface area (Å²) in [6, 6.07) is 9.24. The molecule has 1 N–H and O–H groups in total. The molecule has 0 unspecified atom stereocenters. The number of rotatable bonds is 7. The summed E-state index contributed by atoms with van der Waals surface area (Å²) in [6.45, 7) is 0.200. The number of carbonyl (C=O) groups excluding carboxylic acids is 2. The molecule has 0 saturated heterocycles. The molecule has 0 aliphatic heterocycles. The maximum atomic E-state index is 12.9. The molecule has 0 aliphatic rings. The van der Waals surface area contributed by atoms with Gasteiger partial charge in [0, 0.05) is 11.9 Å². The Labute approximate surface area is 152 Å². The molecule has 3 rings (SSSR count). The van der Waals surface area contributed by atoms with Crippen molar-refractivity contribution in [2.45, 2.75) is 13.1 Å². The second kappa shape index (κ2) is 8.34. The number of nitrogens with one attached hydrogen (secondary N) is 1. The van der Waals surface area contributed by atoms with Gasteiger partial charge in [-0.05, 0) is 41.4 Å². The molecule has 2 heterocycles. The Hall–Kier alpha value is -3.07. The lowest BCUT2D eigenvalue weighted by Crippen LogP contribution is -2.40. The lowest BCUT2D eigenvalue weighted by atomic mass is 10.2. The first-order valence-corrected chi connectivity index (χ1v) is 8.55. The van der Waals surface area contributed by atoms with Crippen LogP contribution in [0.25, 0.3) is 0 Å². The SMILES string of the molecule is O=C(CN(Cc1ccco1)C(=O)c1csnn1)NCc1ccc(F)cc1. The Morgan fingerprint density at radius 3 is 2.69 bits per heavy atom. The highest BCUT2D eigenvalue weighted by Crippen LogP contribution is 2.10. The molecule has 0 atom stereocenters. The third-order valence-electron chi connectivity index (χ3n) is 3.53. The van der Waals surface area contributed by atoms with Crippen LogP contribution in [0, 0.1) is 5.82 Å². The largest absolute Gasteiger partial charge is 0.467 e. The second-order valence-corrected chi connectivity index (χ2v) is 6.04. The molecule has 2 aromatic heterocycles. The average Bonchev–Trinajstić information content (AvgIpc) is 3.34. The molecule has 7 nitrogen and oxygen atoms in total. The van der Waals surface area contributed by atoms with Crippen LogP contribution < -0.4 is 5.32 Å². The Balaban J connectivity index is 1.63. The molecule has 0 bridgehead atoms. The fourth-order valence-electron chi connectivity index (χ4n) is 2.24. The molecule has 0 fully saturated rings. The van der Waals surface area contributed by atoms with Gasteiger partial charge in [0.05, 0.1) is 12.8 Å². The molecular formula is C17H15FN4O3S. The van der Waals surface area contributed by atoms with E-state index in [1.165, 1.54) is 28.7 Å². The van der Waals surface area contributed by atoms with Gasteiger partial charge in [0.25, 0.3) is 5.91 Å². The van der Waals surface area contributed by atoms with Crippen molar-refractivity contribution in [2.75, 3.05) is 6.54 Å². The third kappa shape index (κ3) is 4.73. The number of amides is 2. The van der Waals surface area contributed by atoms with E-state index in [1.807, 2.05) is 0 Å². The molecule has 3 aromatic rings. The molecule has 0 aliphatic carbocycles. The number of furan rings is 1. The third-order valence-corrected chi connectivity index (χ3v) is 4.04. The highest BCUT2D eigenvalue weighted by atomic mass is 32.1. The number of hydrogen-bond acceptors (Lipinski definition) is 6. The molecule has 0 saturated carbocycles. The van der Waals surface area contributed by atoms with Crippen LogP contribution in [-0.2, 0) is 17.9 Å². The van der Waals surface area contributed by atoms with E-state index in [9.17, 15) is 14.0 Å². The van der Waals surface area contributed by atoms with Crippen LogP contribution in [-0.4, -0.2) is 32.8 Å². The molecule has 0 spiro atoms. The average molecular weight is 374 g/mol. The Morgan fingerprint density at radius 2 is 2.04 bits per heavy atom. The summed E-state index contributed by atoms with van der Waals surface area (Å²) in [5.74, 6) is -0.551. The zero-order valence-corrected chi connectivity index (χ0v) is 14.4. The van der Waals surface area contributed by atoms with Gasteiger partial charge in [0.2, 0.25) is 5.91 Å². The molecular weight excluding hydrogens is 359 g/mol. The van der Waals surface area contributed by atoms with E-state index in [0.717, 1.165) is 17.1 Å². The maximum Gasteiger partial charge on any atom is 0.276 e. The number of carbonyl (C=O) groups is 2. The van der Waals surface area contributed by atoms with Crippen molar-refractivity contribution in [1.29, 1.82) is 0 Å². The summed E-state index contributed by atoms with van der Waals surface area (Å²) < 4.78 is 21.8. The number of nitrogens with zero attached hydrogens (tertiary/aromatic N) is 3. The van der Waals surface area contributed by atoms with E-state index in [2.05, 4.69) is 14.9 Å². The normalized spacial score (nSPS) is 10.5. The summed E-state index contributed by atoms with van der Waals surface area (Å²) in [4.78, 5) is 26.1. The second-order valence-electron chi connectivity index (χ2n) is 5.43. The van der Waals surface area contributed by atoms with Gasteiger partial charge >= 0.3 is 0 Å². The summed E-state index contributed by atoms with van der Waals surface area (Å²) in [6.07, 6.45) is 1.50. The van der Waals surface area contributed by atoms with Gasteiger partial charge in [-0.3, -0.25) is 9.59 Å². The van der Waals surface area contributed by atoms with Crippen LogP contribution in [0.4, 0.5) is 4.39 Å². The van der Waals surface area contributed by atoms with Crippen LogP contribution >= 0.6 is 11.5 Å². The number of halogens is 1. The van der Waals surface area contributed by atoms with E-state index < -0.39 is 5.91 Å². The van der Waals surface area contributed by atoms with Gasteiger partial charge in [0.15, 0.2) is 5.69 Å². The fourth-order valence-corrected chi connectivity index (χ4v) is 2.67. The Bertz CT molecular complexity index is 851. The van der Waals surface area contributed by atoms with Crippen molar-refractivity contribution in [3.8, 4) is 0 Å². The van der Waals surface area contributed by atoms with Gasteiger partial charge in [-0.2, -0.15) is 0 Å². The smallest absolute Gasteiger partial charge is 0.276 e. The van der Waals surface area contributed by atoms with Crippen molar-refractivity contribution in [3.63, 3.8) is 0 Å². The highest BCUT2D eigenvalue weighted by molar-refractivity contribution is 7.03. The molecule has 134 valence electrons. The minimum absolute atomic E-state index is 0.132. The predicted molar refractivity (Wildman–Crippen MR) is 91.6 cm³/mol. The standard InChI is InChI=1S/C17H15FN4O3S/c18-13-5-3-12(4-6-13)8-19-16(23)10-22(9-14-2-1-7-25-14)17(24)15-11-26-21-20-15/h1-7,11H,8-10H2,(H,19,23). The van der Waals surface area contributed by atoms with Gasteiger partial charge in [0.1, 0.15) is 18.1 Å². The van der Waals surface area contributed by atoms with Crippen LogP contribution in [0.5, 0.6) is 0 Å². The van der Waals surface area contributed by atoms with Gasteiger partial charge in [-0.1, -0.05) is 16.6 Å². The topological polar surface area (TPSA) is 88.3 Å². The minimum atomic E-state index is -0.410. The molecule has 9 heteroatoms. The quantitative estimate of drug-likeness (QED) is 0.685. The monoisotopic (exact) mass is 374 g/mol. The molecule has 1 aromatic carbocycles. The van der Waals surface area contributed by atoms with Crippen LogP contribution in [0.3, 0.4) is 0 Å². The van der Waals surface area contributed by atoms with Crippen molar-refractivity contribution in [1.82, 2.24) is 19.8 Å². The Kier molecular flexibility index (Phi) is 5.69. The number of benzene rings is 1. The minimum Gasteiger partial charge on any atom is -0.467 e. The number of aromatic nitrogens is 2. The van der Waals surface area contributed by atoms with E-state index >= 15 is 0 Å². The summed E-state index contributed by atoms with van der Waals surface area (Å²) in [7, 11) is 0. The molecule has 26 heavy (non-hydrogen) atoms. The van der Waals surface area contributed by atoms with Crippen molar-refractivity contribution >= 4 is 23.3 Å². The van der Waals surface area contributed by atoms with E-state index in [0.29, 0.717) is 5.76 Å². The van der Waals surface area contributed by atoms with Crippen molar-refractivity contribution in [2.24, 2.45) is 0 Å². The molecule has 2 amide bonds. The van der Waals surface area contributed by atoms with Gasteiger partial charge in [-0.15, -0.1) is 5.10 Å². The zero-order valence-electron chi connectivity index (χ0n) is 13.6. The summed E-state index contributed by atoms with van der Waals surface area (Å²) >= 11 is 1.06. The van der Waals surface area contributed by atoms with E-state index in [4.69, 9.17) is 4.42 Å². The van der Waals surface area contributed by atoms with E-state index in [-0.39, 0.29) is 37.1 Å². The maximum absolute atomic E-state index is 12.9. The lowest BCUT2D eigenvalue weighted by molar-refractivity contribution is -0.122. The lowest BCUT2D eigenvalue weighted by Gasteiger charge is -2.20. The van der Waals surface area contributed by atoms with Gasteiger partial charge in [-0.25, -0.2) is 4.39 Å².